The number of hydrogen-bond donors (Lipinski definition) is 1. The lowest BCUT2D eigenvalue weighted by Gasteiger charge is -2.23. The molecule has 0 aromatic heterocycles. The van der Waals surface area contributed by atoms with Gasteiger partial charge in [0, 0.05) is 25.7 Å². The highest BCUT2D eigenvalue weighted by Gasteiger charge is 2.20. The summed E-state index contributed by atoms with van der Waals surface area (Å²) in [6.45, 7) is 1.67. The number of carbonyl (C=O) groups excluding carboxylic acids is 1. The highest BCUT2D eigenvalue weighted by atomic mass is 16.5. The quantitative estimate of drug-likeness (QED) is 0.769. The summed E-state index contributed by atoms with van der Waals surface area (Å²) < 4.78 is 5.32. The third-order valence-electron chi connectivity index (χ3n) is 4.04. The summed E-state index contributed by atoms with van der Waals surface area (Å²) in [6.07, 6.45) is 10.4. The predicted molar refractivity (Wildman–Crippen MR) is 67.8 cm³/mol. The van der Waals surface area contributed by atoms with E-state index in [1.165, 1.54) is 38.5 Å². The first kappa shape index (κ1) is 12.9. The molecule has 0 aromatic carbocycles. The Bertz CT molecular complexity index is 228. The molecule has 3 nitrogen and oxygen atoms in total. The van der Waals surface area contributed by atoms with Crippen molar-refractivity contribution in [2.24, 2.45) is 5.92 Å². The van der Waals surface area contributed by atoms with Gasteiger partial charge >= 0.3 is 0 Å². The van der Waals surface area contributed by atoms with Gasteiger partial charge in [0.05, 0.1) is 0 Å². The summed E-state index contributed by atoms with van der Waals surface area (Å²) in [5.41, 5.74) is 0. The lowest BCUT2D eigenvalue weighted by Crippen LogP contribution is -2.36. The van der Waals surface area contributed by atoms with Crippen molar-refractivity contribution in [3.63, 3.8) is 0 Å². The van der Waals surface area contributed by atoms with E-state index in [1.807, 2.05) is 0 Å². The summed E-state index contributed by atoms with van der Waals surface area (Å²) in [4.78, 5) is 11.9. The summed E-state index contributed by atoms with van der Waals surface area (Å²) in [7, 11) is 0. The van der Waals surface area contributed by atoms with Crippen LogP contribution in [0.25, 0.3) is 0 Å². The molecule has 0 unspecified atom stereocenters. The van der Waals surface area contributed by atoms with Crippen molar-refractivity contribution in [1.82, 2.24) is 5.32 Å². The van der Waals surface area contributed by atoms with E-state index >= 15 is 0 Å². The van der Waals surface area contributed by atoms with Gasteiger partial charge in [-0.15, -0.1) is 0 Å². The van der Waals surface area contributed by atoms with Crippen molar-refractivity contribution in [1.29, 1.82) is 0 Å². The Morgan fingerprint density at radius 3 is 2.29 bits per heavy atom. The third kappa shape index (κ3) is 4.66. The molecule has 0 atom stereocenters. The van der Waals surface area contributed by atoms with Gasteiger partial charge in [-0.1, -0.05) is 25.7 Å². The van der Waals surface area contributed by atoms with Crippen molar-refractivity contribution in [2.45, 2.75) is 63.8 Å². The summed E-state index contributed by atoms with van der Waals surface area (Å²) in [6, 6.07) is 0.449. The van der Waals surface area contributed by atoms with Gasteiger partial charge in [-0.05, 0) is 31.6 Å². The van der Waals surface area contributed by atoms with Crippen molar-refractivity contribution in [3.8, 4) is 0 Å². The molecule has 1 N–H and O–H groups in total. The predicted octanol–water partition coefficient (Wildman–Crippen LogP) is 2.64. The summed E-state index contributed by atoms with van der Waals surface area (Å²) >= 11 is 0. The average molecular weight is 239 g/mol. The highest BCUT2D eigenvalue weighted by Crippen LogP contribution is 2.20. The first-order valence-corrected chi connectivity index (χ1v) is 7.21. The Balaban J connectivity index is 1.68. The molecule has 0 radical (unpaired) electrons. The van der Waals surface area contributed by atoms with Gasteiger partial charge in [0.25, 0.3) is 0 Å². The zero-order chi connectivity index (χ0) is 11.9. The summed E-state index contributed by atoms with van der Waals surface area (Å²) in [5, 5.41) is 3.23. The minimum absolute atomic E-state index is 0.267. The van der Waals surface area contributed by atoms with Crippen LogP contribution in [0.3, 0.4) is 0 Å². The lowest BCUT2D eigenvalue weighted by atomic mass is 9.96. The zero-order valence-electron chi connectivity index (χ0n) is 10.7. The lowest BCUT2D eigenvalue weighted by molar-refractivity contribution is -0.123. The third-order valence-corrected chi connectivity index (χ3v) is 4.04. The van der Waals surface area contributed by atoms with Crippen molar-refractivity contribution in [3.05, 3.63) is 0 Å². The molecule has 2 rings (SSSR count). The maximum absolute atomic E-state index is 11.9. The maximum atomic E-state index is 11.9. The fourth-order valence-electron chi connectivity index (χ4n) is 2.92. The van der Waals surface area contributed by atoms with Gasteiger partial charge in [0.2, 0.25) is 5.91 Å². The van der Waals surface area contributed by atoms with Crippen LogP contribution in [0.2, 0.25) is 0 Å². The molecule has 1 aliphatic heterocycles. The Hall–Kier alpha value is -0.570. The highest BCUT2D eigenvalue weighted by molar-refractivity contribution is 5.76. The van der Waals surface area contributed by atoms with Gasteiger partial charge in [-0.2, -0.15) is 0 Å². The monoisotopic (exact) mass is 239 g/mol. The standard InChI is InChI=1S/C14H25NO2/c16-14(11-12-7-9-17-10-8-12)15-13-5-3-1-2-4-6-13/h12-13H,1-11H2,(H,15,16). The molecule has 1 saturated carbocycles. The van der Waals surface area contributed by atoms with Gasteiger partial charge in [-0.25, -0.2) is 0 Å². The largest absolute Gasteiger partial charge is 0.381 e. The molecule has 1 saturated heterocycles. The molecule has 2 fully saturated rings. The van der Waals surface area contributed by atoms with Crippen LogP contribution in [0.15, 0.2) is 0 Å². The number of rotatable bonds is 3. The summed E-state index contributed by atoms with van der Waals surface area (Å²) in [5.74, 6) is 0.818. The molecular weight excluding hydrogens is 214 g/mol. The Kier molecular flexibility index (Phi) is 5.30. The van der Waals surface area contributed by atoms with Crippen molar-refractivity contribution >= 4 is 5.91 Å². The Morgan fingerprint density at radius 2 is 1.65 bits per heavy atom. The van der Waals surface area contributed by atoms with Gasteiger partial charge in [0.1, 0.15) is 0 Å². The molecule has 3 heteroatoms. The fourth-order valence-corrected chi connectivity index (χ4v) is 2.92. The van der Waals surface area contributed by atoms with E-state index in [1.54, 1.807) is 0 Å². The van der Waals surface area contributed by atoms with Gasteiger partial charge < -0.3 is 10.1 Å². The Labute approximate surface area is 104 Å². The van der Waals surface area contributed by atoms with Crippen LogP contribution in [0.1, 0.15) is 57.8 Å². The van der Waals surface area contributed by atoms with Crippen LogP contribution >= 0.6 is 0 Å². The van der Waals surface area contributed by atoms with E-state index < -0.39 is 0 Å². The molecule has 1 heterocycles. The second kappa shape index (κ2) is 7.00. The molecule has 1 aliphatic carbocycles. The number of ether oxygens (including phenoxy) is 1. The maximum Gasteiger partial charge on any atom is 0.220 e. The normalized spacial score (nSPS) is 24.2. The fraction of sp³-hybridized carbons (Fsp3) is 0.929. The van der Waals surface area contributed by atoms with Crippen LogP contribution < -0.4 is 5.32 Å². The average Bonchev–Trinajstić information content (AvgIpc) is 2.59. The first-order chi connectivity index (χ1) is 8.34. The molecule has 17 heavy (non-hydrogen) atoms. The van der Waals surface area contributed by atoms with Crippen LogP contribution in [-0.4, -0.2) is 25.2 Å². The molecule has 0 aromatic rings. The molecule has 2 aliphatic rings. The number of carbonyl (C=O) groups is 1. The molecule has 0 bridgehead atoms. The zero-order valence-corrected chi connectivity index (χ0v) is 10.7. The van der Waals surface area contributed by atoms with Crippen molar-refractivity contribution in [2.75, 3.05) is 13.2 Å². The number of nitrogens with one attached hydrogen (secondary N) is 1. The second-order valence-electron chi connectivity index (χ2n) is 5.52. The van der Waals surface area contributed by atoms with Crippen LogP contribution in [-0.2, 0) is 9.53 Å². The first-order valence-electron chi connectivity index (χ1n) is 7.21. The smallest absolute Gasteiger partial charge is 0.220 e. The molecular formula is C14H25NO2. The van der Waals surface area contributed by atoms with Crippen LogP contribution in [0.4, 0.5) is 0 Å². The van der Waals surface area contributed by atoms with Gasteiger partial charge in [0.15, 0.2) is 0 Å². The van der Waals surface area contributed by atoms with E-state index in [2.05, 4.69) is 5.32 Å². The van der Waals surface area contributed by atoms with E-state index in [0.717, 1.165) is 26.1 Å². The van der Waals surface area contributed by atoms with E-state index in [4.69, 9.17) is 4.74 Å². The Morgan fingerprint density at radius 1 is 1.00 bits per heavy atom. The molecule has 0 spiro atoms. The number of amides is 1. The second-order valence-corrected chi connectivity index (χ2v) is 5.52. The topological polar surface area (TPSA) is 38.3 Å². The molecule has 98 valence electrons. The van der Waals surface area contributed by atoms with E-state index in [-0.39, 0.29) is 5.91 Å². The van der Waals surface area contributed by atoms with Crippen LogP contribution in [0, 0.1) is 5.92 Å². The van der Waals surface area contributed by atoms with Crippen LogP contribution in [0.5, 0.6) is 0 Å². The molecule has 1 amide bonds. The SMILES string of the molecule is O=C(CC1CCOCC1)NC1CCCCCC1. The minimum atomic E-state index is 0.267. The van der Waals surface area contributed by atoms with E-state index in [0.29, 0.717) is 18.4 Å². The minimum Gasteiger partial charge on any atom is -0.381 e. The van der Waals surface area contributed by atoms with Gasteiger partial charge in [-0.3, -0.25) is 4.79 Å². The van der Waals surface area contributed by atoms with Crippen molar-refractivity contribution < 1.29 is 9.53 Å². The number of hydrogen-bond acceptors (Lipinski definition) is 2. The van der Waals surface area contributed by atoms with E-state index in [9.17, 15) is 4.79 Å².